The Morgan fingerprint density at radius 2 is 0.505 bits per heavy atom. The van der Waals surface area contributed by atoms with Crippen LogP contribution in [0.5, 0.6) is 0 Å². The van der Waals surface area contributed by atoms with Gasteiger partial charge in [-0.15, -0.1) is 0 Å². The van der Waals surface area contributed by atoms with Crippen molar-refractivity contribution in [2.24, 2.45) is 0 Å². The number of unbranched alkanes of at least 4 members (excludes halogenated alkanes) is 66. The molecule has 0 aromatic rings. The fourth-order valence-corrected chi connectivity index (χ4v) is 13.6. The average molecular weight is 1310 g/mol. The van der Waals surface area contributed by atoms with Crippen LogP contribution in [0.4, 0.5) is 0 Å². The summed E-state index contributed by atoms with van der Waals surface area (Å²) < 4.78 is 5.52. The van der Waals surface area contributed by atoms with Gasteiger partial charge in [0.15, 0.2) is 0 Å². The molecule has 0 aliphatic heterocycles. The third-order valence-electron chi connectivity index (χ3n) is 20.1. The lowest BCUT2D eigenvalue weighted by atomic mass is 10.0. The summed E-state index contributed by atoms with van der Waals surface area (Å²) in [5.74, 6) is -0.0388. The lowest BCUT2D eigenvalue weighted by Gasteiger charge is -2.20. The molecule has 0 aromatic heterocycles. The minimum Gasteiger partial charge on any atom is -0.466 e. The first-order valence-corrected chi connectivity index (χ1v) is 42.8. The third-order valence-corrected chi connectivity index (χ3v) is 20.1. The van der Waals surface area contributed by atoms with E-state index in [1.54, 1.807) is 6.08 Å². The SMILES string of the molecule is CCCCCCCC/C=C\CCCCCCCCCCCC(=O)OCCCCCCCCCCCCCCCC/C=C\CCCCCCCCCCCCCCCCCCCC(=O)NC(CO)C(O)/C=C/CCCCCCCCCCCCCCCCCCCCCC. The zero-order chi connectivity index (χ0) is 67.0. The van der Waals surface area contributed by atoms with E-state index in [0.717, 1.165) is 38.5 Å². The molecular formula is C87H167NO5. The van der Waals surface area contributed by atoms with E-state index < -0.39 is 12.1 Å². The molecule has 2 unspecified atom stereocenters. The highest BCUT2D eigenvalue weighted by atomic mass is 16.5. The molecule has 0 aliphatic carbocycles. The lowest BCUT2D eigenvalue weighted by molar-refractivity contribution is -0.143. The van der Waals surface area contributed by atoms with Gasteiger partial charge in [-0.25, -0.2) is 0 Å². The van der Waals surface area contributed by atoms with E-state index in [-0.39, 0.29) is 18.5 Å². The summed E-state index contributed by atoms with van der Waals surface area (Å²) in [5, 5.41) is 23.3. The number of hydrogen-bond acceptors (Lipinski definition) is 5. The Morgan fingerprint density at radius 3 is 0.763 bits per heavy atom. The maximum atomic E-state index is 12.6. The summed E-state index contributed by atoms with van der Waals surface area (Å²) in [6, 6.07) is -0.627. The smallest absolute Gasteiger partial charge is 0.305 e. The number of aliphatic hydroxyl groups excluding tert-OH is 2. The molecule has 2 atom stereocenters. The van der Waals surface area contributed by atoms with E-state index in [9.17, 15) is 19.8 Å². The van der Waals surface area contributed by atoms with E-state index in [4.69, 9.17) is 4.74 Å². The number of allylic oxidation sites excluding steroid dienone is 5. The summed E-state index contributed by atoms with van der Waals surface area (Å²) in [4.78, 5) is 24.7. The van der Waals surface area contributed by atoms with Crippen LogP contribution in [0.25, 0.3) is 0 Å². The zero-order valence-electron chi connectivity index (χ0n) is 63.3. The van der Waals surface area contributed by atoms with E-state index >= 15 is 0 Å². The van der Waals surface area contributed by atoms with Crippen molar-refractivity contribution in [2.45, 2.75) is 495 Å². The van der Waals surface area contributed by atoms with Crippen LogP contribution in [0.2, 0.25) is 0 Å². The topological polar surface area (TPSA) is 95.9 Å². The summed E-state index contributed by atoms with van der Waals surface area (Å²) in [5.41, 5.74) is 0. The van der Waals surface area contributed by atoms with Crippen molar-refractivity contribution in [3.8, 4) is 0 Å². The second-order valence-electron chi connectivity index (χ2n) is 29.5. The van der Waals surface area contributed by atoms with Crippen LogP contribution in [-0.2, 0) is 14.3 Å². The van der Waals surface area contributed by atoms with Crippen molar-refractivity contribution in [3.05, 3.63) is 36.5 Å². The Morgan fingerprint density at radius 1 is 0.290 bits per heavy atom. The van der Waals surface area contributed by atoms with Crippen LogP contribution in [0.3, 0.4) is 0 Å². The second kappa shape index (κ2) is 82.5. The summed E-state index contributed by atoms with van der Waals surface area (Å²) in [7, 11) is 0. The van der Waals surface area contributed by atoms with Crippen LogP contribution in [0.15, 0.2) is 36.5 Å². The molecule has 0 saturated heterocycles. The van der Waals surface area contributed by atoms with Crippen molar-refractivity contribution < 1.29 is 24.5 Å². The highest BCUT2D eigenvalue weighted by Gasteiger charge is 2.18. The number of carbonyl (C=O) groups is 2. The Labute approximate surface area is 583 Å². The molecule has 1 amide bonds. The number of esters is 1. The molecule has 0 rings (SSSR count). The van der Waals surface area contributed by atoms with Crippen molar-refractivity contribution in [1.29, 1.82) is 0 Å². The van der Waals surface area contributed by atoms with Crippen LogP contribution in [0, 0.1) is 0 Å². The van der Waals surface area contributed by atoms with Gasteiger partial charge in [-0.1, -0.05) is 423 Å². The van der Waals surface area contributed by atoms with E-state index in [2.05, 4.69) is 43.5 Å². The molecule has 0 spiro atoms. The first-order chi connectivity index (χ1) is 46.0. The van der Waals surface area contributed by atoms with E-state index in [0.29, 0.717) is 19.4 Å². The maximum absolute atomic E-state index is 12.6. The molecule has 0 bridgehead atoms. The van der Waals surface area contributed by atoms with E-state index in [1.165, 1.54) is 417 Å². The minimum absolute atomic E-state index is 0.0206. The number of amides is 1. The maximum Gasteiger partial charge on any atom is 0.305 e. The first-order valence-electron chi connectivity index (χ1n) is 42.8. The van der Waals surface area contributed by atoms with Gasteiger partial charge in [0.25, 0.3) is 0 Å². The molecule has 0 radical (unpaired) electrons. The Hall–Kier alpha value is -1.92. The molecule has 6 heteroatoms. The largest absolute Gasteiger partial charge is 0.466 e. The molecule has 3 N–H and O–H groups in total. The number of ether oxygens (including phenoxy) is 1. The van der Waals surface area contributed by atoms with Gasteiger partial charge in [-0.2, -0.15) is 0 Å². The molecule has 0 aliphatic rings. The quantitative estimate of drug-likeness (QED) is 0.0320. The van der Waals surface area contributed by atoms with Crippen molar-refractivity contribution >= 4 is 11.9 Å². The van der Waals surface area contributed by atoms with Gasteiger partial charge in [-0.3, -0.25) is 9.59 Å². The van der Waals surface area contributed by atoms with Crippen molar-refractivity contribution in [2.75, 3.05) is 13.2 Å². The summed E-state index contributed by atoms with van der Waals surface area (Å²) >= 11 is 0. The van der Waals surface area contributed by atoms with Gasteiger partial charge in [0.1, 0.15) is 0 Å². The fourth-order valence-electron chi connectivity index (χ4n) is 13.6. The van der Waals surface area contributed by atoms with Gasteiger partial charge in [0, 0.05) is 12.8 Å². The molecule has 0 saturated carbocycles. The molecule has 0 aromatic carbocycles. The molecule has 6 nitrogen and oxygen atoms in total. The normalized spacial score (nSPS) is 12.6. The highest BCUT2D eigenvalue weighted by molar-refractivity contribution is 5.76. The average Bonchev–Trinajstić information content (AvgIpc) is 3.65. The monoisotopic (exact) mass is 1310 g/mol. The minimum atomic E-state index is -0.844. The number of hydrogen-bond donors (Lipinski definition) is 3. The van der Waals surface area contributed by atoms with Gasteiger partial charge in [0.2, 0.25) is 5.91 Å². The molecule has 550 valence electrons. The molecule has 0 heterocycles. The Kier molecular flexibility index (Phi) is 80.8. The number of carbonyl (C=O) groups excluding carboxylic acids is 2. The lowest BCUT2D eigenvalue weighted by Crippen LogP contribution is -2.45. The zero-order valence-corrected chi connectivity index (χ0v) is 63.3. The number of aliphatic hydroxyl groups is 2. The summed E-state index contributed by atoms with van der Waals surface area (Å²) in [6.45, 7) is 4.96. The van der Waals surface area contributed by atoms with Gasteiger partial charge >= 0.3 is 5.97 Å². The van der Waals surface area contributed by atoms with Crippen LogP contribution in [-0.4, -0.2) is 47.4 Å². The Balaban J connectivity index is 3.35. The van der Waals surface area contributed by atoms with Crippen molar-refractivity contribution in [3.63, 3.8) is 0 Å². The van der Waals surface area contributed by atoms with Gasteiger partial charge < -0.3 is 20.3 Å². The molecule has 0 fully saturated rings. The standard InChI is InChI=1S/C87H167NO5/c1-3-5-7-9-11-13-15-17-19-21-23-24-40-44-47-51-55-59-63-67-71-75-79-85(90)84(83-89)88-86(91)80-76-72-68-64-60-56-52-48-45-41-38-36-34-32-30-28-26-25-27-29-31-33-35-37-39-42-46-50-54-58-62-66-70-74-78-82-93-87(92)81-77-73-69-65-61-57-53-49-43-22-20-18-16-14-12-10-8-6-4-2/h18,20,27,29,75,79,84-85,89-90H,3-17,19,21-26,28,30-74,76-78,80-83H2,1-2H3,(H,88,91)/b20-18-,29-27-,79-75+. The fraction of sp³-hybridized carbons (Fsp3) is 0.908. The molecule has 93 heavy (non-hydrogen) atoms. The van der Waals surface area contributed by atoms with E-state index in [1.807, 2.05) is 6.08 Å². The predicted molar refractivity (Wildman–Crippen MR) is 412 cm³/mol. The molecular weight excluding hydrogens is 1140 g/mol. The van der Waals surface area contributed by atoms with Gasteiger partial charge in [-0.05, 0) is 83.5 Å². The summed E-state index contributed by atoms with van der Waals surface area (Å²) in [6.07, 6.45) is 109. The number of nitrogens with one attached hydrogen (secondary N) is 1. The van der Waals surface area contributed by atoms with Crippen LogP contribution in [0.1, 0.15) is 483 Å². The van der Waals surface area contributed by atoms with Gasteiger partial charge in [0.05, 0.1) is 25.4 Å². The second-order valence-corrected chi connectivity index (χ2v) is 29.5. The third kappa shape index (κ3) is 79.0. The Bertz CT molecular complexity index is 1510. The first kappa shape index (κ1) is 91.1. The van der Waals surface area contributed by atoms with Crippen LogP contribution >= 0.6 is 0 Å². The van der Waals surface area contributed by atoms with Crippen molar-refractivity contribution in [1.82, 2.24) is 5.32 Å². The van der Waals surface area contributed by atoms with Crippen LogP contribution < -0.4 is 5.32 Å². The number of rotatable bonds is 81. The predicted octanol–water partition coefficient (Wildman–Crippen LogP) is 28.6. The highest BCUT2D eigenvalue weighted by Crippen LogP contribution is 2.20.